The highest BCUT2D eigenvalue weighted by Crippen LogP contribution is 2.34. The largest absolute Gasteiger partial charge is 0.481 e. The Morgan fingerprint density at radius 2 is 1.23 bits per heavy atom. The topological polar surface area (TPSA) is 37.3 Å². The number of carbonyl (C=O) groups is 1. The van der Waals surface area contributed by atoms with E-state index < -0.39 is 11.4 Å². The van der Waals surface area contributed by atoms with Gasteiger partial charge in [0.05, 0.1) is 5.41 Å². The van der Waals surface area contributed by atoms with Crippen molar-refractivity contribution in [2.24, 2.45) is 5.41 Å². The van der Waals surface area contributed by atoms with Gasteiger partial charge in [0, 0.05) is 0 Å². The summed E-state index contributed by atoms with van der Waals surface area (Å²) in [6, 6.07) is 0. The highest BCUT2D eigenvalue weighted by molar-refractivity contribution is 7.80. The summed E-state index contributed by atoms with van der Waals surface area (Å²) in [5, 5.41) is 9.61. The fourth-order valence-electron chi connectivity index (χ4n) is 3.48. The van der Waals surface area contributed by atoms with Crippen LogP contribution >= 0.6 is 25.3 Å². The maximum Gasteiger partial charge on any atom is 0.309 e. The van der Waals surface area contributed by atoms with Gasteiger partial charge in [-0.05, 0) is 56.5 Å². The first-order chi connectivity index (χ1) is 12.6. The van der Waals surface area contributed by atoms with Gasteiger partial charge in [-0.2, -0.15) is 25.3 Å². The molecule has 0 amide bonds. The second-order valence-corrected chi connectivity index (χ2v) is 8.41. The van der Waals surface area contributed by atoms with Crippen LogP contribution in [0.25, 0.3) is 0 Å². The summed E-state index contributed by atoms with van der Waals surface area (Å²) in [6.07, 6.45) is 21.8. The quantitative estimate of drug-likeness (QED) is 0.120. The van der Waals surface area contributed by atoms with Gasteiger partial charge in [-0.25, -0.2) is 0 Å². The van der Waals surface area contributed by atoms with Crippen molar-refractivity contribution in [3.8, 4) is 0 Å². The molecule has 0 aromatic rings. The van der Waals surface area contributed by atoms with Crippen LogP contribution in [0.15, 0.2) is 12.2 Å². The Morgan fingerprint density at radius 1 is 0.769 bits per heavy atom. The van der Waals surface area contributed by atoms with Crippen molar-refractivity contribution >= 4 is 31.2 Å². The molecule has 0 rings (SSSR count). The Labute approximate surface area is 173 Å². The molecular weight excluding hydrogens is 360 g/mol. The fraction of sp³-hybridized carbons (Fsp3) is 0.864. The number of rotatable bonds is 19. The van der Waals surface area contributed by atoms with E-state index in [4.69, 9.17) is 0 Å². The molecule has 0 saturated heterocycles. The van der Waals surface area contributed by atoms with Gasteiger partial charge in [-0.3, -0.25) is 4.79 Å². The van der Waals surface area contributed by atoms with Gasteiger partial charge in [0.2, 0.25) is 0 Å². The van der Waals surface area contributed by atoms with Gasteiger partial charge in [-0.15, -0.1) is 0 Å². The molecule has 26 heavy (non-hydrogen) atoms. The van der Waals surface area contributed by atoms with Crippen LogP contribution in [0.2, 0.25) is 0 Å². The average Bonchev–Trinajstić information content (AvgIpc) is 2.62. The number of carboxylic acids is 1. The maximum atomic E-state index is 11.7. The Bertz CT molecular complexity index is 350. The first kappa shape index (κ1) is 25.9. The van der Waals surface area contributed by atoms with E-state index in [1.165, 1.54) is 57.8 Å². The Kier molecular flexibility index (Phi) is 18.2. The minimum Gasteiger partial charge on any atom is -0.481 e. The van der Waals surface area contributed by atoms with Crippen molar-refractivity contribution in [3.05, 3.63) is 12.2 Å². The lowest BCUT2D eigenvalue weighted by Gasteiger charge is -2.28. The third-order valence-corrected chi connectivity index (χ3v) is 5.75. The van der Waals surface area contributed by atoms with Gasteiger partial charge in [0.15, 0.2) is 0 Å². The van der Waals surface area contributed by atoms with Crippen molar-refractivity contribution in [1.29, 1.82) is 0 Å². The highest BCUT2D eigenvalue weighted by atomic mass is 32.1. The monoisotopic (exact) mass is 402 g/mol. The Balaban J connectivity index is 3.69. The molecule has 0 aliphatic heterocycles. The third kappa shape index (κ3) is 13.1. The summed E-state index contributed by atoms with van der Waals surface area (Å²) in [4.78, 5) is 11.7. The molecule has 0 atom stereocenters. The van der Waals surface area contributed by atoms with Crippen LogP contribution in [0.4, 0.5) is 0 Å². The molecule has 0 aliphatic carbocycles. The first-order valence-electron chi connectivity index (χ1n) is 10.7. The molecule has 0 heterocycles. The summed E-state index contributed by atoms with van der Waals surface area (Å²) in [6.45, 7) is 2.26. The SMILES string of the molecule is CCCCCCCCC=CCCCCCCC(CCS)(CCS)C(=O)O. The number of aliphatic carboxylic acids is 1. The van der Waals surface area contributed by atoms with Crippen LogP contribution in [0.3, 0.4) is 0 Å². The van der Waals surface area contributed by atoms with E-state index in [0.29, 0.717) is 24.3 Å². The van der Waals surface area contributed by atoms with Crippen LogP contribution in [0.1, 0.15) is 103 Å². The lowest BCUT2D eigenvalue weighted by atomic mass is 9.77. The van der Waals surface area contributed by atoms with Crippen LogP contribution in [0.5, 0.6) is 0 Å². The molecule has 2 nitrogen and oxygen atoms in total. The van der Waals surface area contributed by atoms with Crippen molar-refractivity contribution in [3.63, 3.8) is 0 Å². The van der Waals surface area contributed by atoms with E-state index in [1.54, 1.807) is 0 Å². The zero-order valence-electron chi connectivity index (χ0n) is 16.9. The minimum absolute atomic E-state index is 0.611. The normalized spacial score (nSPS) is 12.1. The highest BCUT2D eigenvalue weighted by Gasteiger charge is 2.36. The third-order valence-electron chi connectivity index (χ3n) is 5.30. The van der Waals surface area contributed by atoms with E-state index in [1.807, 2.05) is 0 Å². The van der Waals surface area contributed by atoms with Gasteiger partial charge in [0.25, 0.3) is 0 Å². The smallest absolute Gasteiger partial charge is 0.309 e. The zero-order chi connectivity index (χ0) is 19.5. The first-order valence-corrected chi connectivity index (χ1v) is 12.0. The number of allylic oxidation sites excluding steroid dienone is 2. The van der Waals surface area contributed by atoms with Crippen LogP contribution in [0, 0.1) is 5.41 Å². The number of hydrogen-bond acceptors (Lipinski definition) is 3. The molecule has 154 valence electrons. The summed E-state index contributed by atoms with van der Waals surface area (Å²) in [7, 11) is 0. The minimum atomic E-state index is -0.668. The molecule has 0 fully saturated rings. The van der Waals surface area contributed by atoms with Crippen LogP contribution in [-0.4, -0.2) is 22.6 Å². The van der Waals surface area contributed by atoms with Crippen molar-refractivity contribution in [1.82, 2.24) is 0 Å². The molecule has 0 bridgehead atoms. The Morgan fingerprint density at radius 3 is 1.69 bits per heavy atom. The number of carboxylic acid groups (broad SMARTS) is 1. The fourth-order valence-corrected chi connectivity index (χ4v) is 4.34. The predicted molar refractivity (Wildman–Crippen MR) is 122 cm³/mol. The Hall–Kier alpha value is -0.0900. The second-order valence-electron chi connectivity index (χ2n) is 7.51. The van der Waals surface area contributed by atoms with Gasteiger partial charge < -0.3 is 5.11 Å². The van der Waals surface area contributed by atoms with Crippen molar-refractivity contribution in [2.45, 2.75) is 103 Å². The van der Waals surface area contributed by atoms with Gasteiger partial charge in [0.1, 0.15) is 0 Å². The summed E-state index contributed by atoms with van der Waals surface area (Å²) in [5.74, 6) is 0.589. The molecule has 0 aromatic heterocycles. The van der Waals surface area contributed by atoms with E-state index in [-0.39, 0.29) is 0 Å². The summed E-state index contributed by atoms with van der Waals surface area (Å²) < 4.78 is 0. The number of hydrogen-bond donors (Lipinski definition) is 3. The lowest BCUT2D eigenvalue weighted by Crippen LogP contribution is -2.32. The molecule has 4 heteroatoms. The van der Waals surface area contributed by atoms with Crippen molar-refractivity contribution in [2.75, 3.05) is 11.5 Å². The van der Waals surface area contributed by atoms with E-state index in [0.717, 1.165) is 25.7 Å². The van der Waals surface area contributed by atoms with Gasteiger partial charge in [-0.1, -0.05) is 70.4 Å². The molecule has 1 N–H and O–H groups in total. The summed E-state index contributed by atoms with van der Waals surface area (Å²) >= 11 is 8.51. The number of unbranched alkanes of at least 4 members (excludes halogenated alkanes) is 10. The van der Waals surface area contributed by atoms with Crippen LogP contribution < -0.4 is 0 Å². The summed E-state index contributed by atoms with van der Waals surface area (Å²) in [5.41, 5.74) is -0.611. The molecule has 0 aromatic carbocycles. The van der Waals surface area contributed by atoms with Gasteiger partial charge >= 0.3 is 5.97 Å². The van der Waals surface area contributed by atoms with E-state index in [2.05, 4.69) is 44.3 Å². The molecule has 0 saturated carbocycles. The van der Waals surface area contributed by atoms with E-state index >= 15 is 0 Å². The van der Waals surface area contributed by atoms with Crippen molar-refractivity contribution < 1.29 is 9.90 Å². The standard InChI is InChI=1S/C22H42O2S2/c1-2-3-4-5-6-7-8-9-10-11-12-13-14-15-16-22(17-19-25,18-20-26)21(23)24/h9-10,25-26H,2-8,11-20H2,1H3,(H,23,24). The molecule has 0 aliphatic rings. The molecule has 0 unspecified atom stereocenters. The molecular formula is C22H42O2S2. The predicted octanol–water partition coefficient (Wildman–Crippen LogP) is 7.34. The lowest BCUT2D eigenvalue weighted by molar-refractivity contribution is -0.149. The zero-order valence-corrected chi connectivity index (χ0v) is 18.7. The average molecular weight is 403 g/mol. The molecule has 0 spiro atoms. The maximum absolute atomic E-state index is 11.7. The molecule has 0 radical (unpaired) electrons. The number of thiol groups is 2. The second kappa shape index (κ2) is 18.3. The van der Waals surface area contributed by atoms with E-state index in [9.17, 15) is 9.90 Å². The van der Waals surface area contributed by atoms with Crippen LogP contribution in [-0.2, 0) is 4.79 Å².